The van der Waals surface area contributed by atoms with Crippen LogP contribution in [0.25, 0.3) is 0 Å². The van der Waals surface area contributed by atoms with Gasteiger partial charge in [0.05, 0.1) is 13.0 Å². The first-order chi connectivity index (χ1) is 7.71. The van der Waals surface area contributed by atoms with Crippen LogP contribution in [0.5, 0.6) is 5.75 Å². The van der Waals surface area contributed by atoms with Crippen LogP contribution >= 0.6 is 0 Å². The molecule has 0 spiro atoms. The summed E-state index contributed by atoms with van der Waals surface area (Å²) < 4.78 is 5.52. The van der Waals surface area contributed by atoms with E-state index in [2.05, 4.69) is 6.07 Å². The Hall–Kier alpha value is -1.51. The highest BCUT2D eigenvalue weighted by Crippen LogP contribution is 2.53. The molecule has 1 aromatic rings. The summed E-state index contributed by atoms with van der Waals surface area (Å²) in [5.41, 5.74) is 2.36. The van der Waals surface area contributed by atoms with E-state index in [1.165, 1.54) is 11.1 Å². The smallest absolute Gasteiger partial charge is 0.304 e. The number of carboxylic acids is 1. The van der Waals surface area contributed by atoms with Crippen LogP contribution in [0.1, 0.15) is 30.4 Å². The maximum atomic E-state index is 10.9. The first-order valence-corrected chi connectivity index (χ1v) is 5.68. The van der Waals surface area contributed by atoms with Gasteiger partial charge in [-0.05, 0) is 24.5 Å². The molecule has 1 saturated carbocycles. The zero-order valence-corrected chi connectivity index (χ0v) is 9.03. The molecule has 0 amide bonds. The second-order valence-electron chi connectivity index (χ2n) is 4.73. The molecular formula is C13H14O3. The van der Waals surface area contributed by atoms with E-state index in [0.717, 1.165) is 31.6 Å². The van der Waals surface area contributed by atoms with E-state index in [1.54, 1.807) is 0 Å². The van der Waals surface area contributed by atoms with E-state index < -0.39 is 5.97 Å². The standard InChI is InChI=1S/C13H14O3/c14-12(15)8-13(5-6-13)10-2-1-3-11-9(10)4-7-16-11/h1-3H,4-8H2,(H,14,15). The predicted octanol–water partition coefficient (Wildman–Crippen LogP) is 2.13. The number of rotatable bonds is 3. The van der Waals surface area contributed by atoms with Gasteiger partial charge in [0, 0.05) is 17.4 Å². The lowest BCUT2D eigenvalue weighted by molar-refractivity contribution is -0.137. The van der Waals surface area contributed by atoms with Crippen molar-refractivity contribution in [2.75, 3.05) is 6.61 Å². The van der Waals surface area contributed by atoms with Gasteiger partial charge < -0.3 is 9.84 Å². The SMILES string of the molecule is O=C(O)CC1(c2cccc3c2CCO3)CC1. The van der Waals surface area contributed by atoms with Crippen molar-refractivity contribution in [3.05, 3.63) is 29.3 Å². The van der Waals surface area contributed by atoms with Crippen molar-refractivity contribution in [2.45, 2.75) is 31.1 Å². The molecule has 84 valence electrons. The van der Waals surface area contributed by atoms with Gasteiger partial charge in [-0.25, -0.2) is 0 Å². The Bertz CT molecular complexity index is 446. The number of carboxylic acid groups (broad SMARTS) is 1. The summed E-state index contributed by atoms with van der Waals surface area (Å²) in [4.78, 5) is 10.9. The molecule has 16 heavy (non-hydrogen) atoms. The van der Waals surface area contributed by atoms with Gasteiger partial charge in [-0.15, -0.1) is 0 Å². The Morgan fingerprint density at radius 2 is 2.25 bits per heavy atom. The van der Waals surface area contributed by atoms with Crippen LogP contribution in [0, 0.1) is 0 Å². The fraction of sp³-hybridized carbons (Fsp3) is 0.462. The lowest BCUT2D eigenvalue weighted by atomic mass is 9.87. The summed E-state index contributed by atoms with van der Waals surface area (Å²) in [6.45, 7) is 0.732. The maximum absolute atomic E-state index is 10.9. The topological polar surface area (TPSA) is 46.5 Å². The molecule has 2 aliphatic rings. The third-order valence-corrected chi connectivity index (χ3v) is 3.66. The maximum Gasteiger partial charge on any atom is 0.304 e. The summed E-state index contributed by atoms with van der Waals surface area (Å²) in [6, 6.07) is 6.02. The van der Waals surface area contributed by atoms with Crippen molar-refractivity contribution in [1.29, 1.82) is 0 Å². The molecule has 0 radical (unpaired) electrons. The number of hydrogen-bond donors (Lipinski definition) is 1. The van der Waals surface area contributed by atoms with Crippen molar-refractivity contribution in [3.63, 3.8) is 0 Å². The van der Waals surface area contributed by atoms with Gasteiger partial charge in [0.2, 0.25) is 0 Å². The highest BCUT2D eigenvalue weighted by Gasteiger charge is 2.47. The van der Waals surface area contributed by atoms with Crippen LogP contribution in [-0.2, 0) is 16.6 Å². The highest BCUT2D eigenvalue weighted by molar-refractivity contribution is 5.70. The number of ether oxygens (including phenoxy) is 1. The second-order valence-corrected chi connectivity index (χ2v) is 4.73. The van der Waals surface area contributed by atoms with Crippen molar-refractivity contribution in [3.8, 4) is 5.75 Å². The van der Waals surface area contributed by atoms with Crippen LogP contribution in [-0.4, -0.2) is 17.7 Å². The average Bonchev–Trinajstić information content (AvgIpc) is 2.85. The van der Waals surface area contributed by atoms with Crippen LogP contribution in [0.4, 0.5) is 0 Å². The van der Waals surface area contributed by atoms with Gasteiger partial charge in [0.15, 0.2) is 0 Å². The Labute approximate surface area is 94.0 Å². The minimum Gasteiger partial charge on any atom is -0.493 e. The molecule has 0 aromatic heterocycles. The molecule has 3 rings (SSSR count). The lowest BCUT2D eigenvalue weighted by Crippen LogP contribution is -2.14. The average molecular weight is 218 g/mol. The minimum atomic E-state index is -0.700. The molecule has 1 aliphatic heterocycles. The van der Waals surface area contributed by atoms with Crippen LogP contribution < -0.4 is 4.74 Å². The van der Waals surface area contributed by atoms with Crippen LogP contribution in [0.3, 0.4) is 0 Å². The minimum absolute atomic E-state index is 0.0924. The van der Waals surface area contributed by atoms with E-state index in [4.69, 9.17) is 9.84 Å². The molecule has 1 N–H and O–H groups in total. The van der Waals surface area contributed by atoms with Gasteiger partial charge in [-0.3, -0.25) is 4.79 Å². The van der Waals surface area contributed by atoms with Crippen molar-refractivity contribution in [2.24, 2.45) is 0 Å². The Kier molecular flexibility index (Phi) is 1.96. The van der Waals surface area contributed by atoms with E-state index >= 15 is 0 Å². The molecule has 0 atom stereocenters. The zero-order chi connectivity index (χ0) is 11.2. The van der Waals surface area contributed by atoms with Gasteiger partial charge in [-0.2, -0.15) is 0 Å². The fourth-order valence-corrected chi connectivity index (χ4v) is 2.70. The predicted molar refractivity (Wildman–Crippen MR) is 58.8 cm³/mol. The number of carbonyl (C=O) groups is 1. The highest BCUT2D eigenvalue weighted by atomic mass is 16.5. The summed E-state index contributed by atoms with van der Waals surface area (Å²) in [7, 11) is 0. The Balaban J connectivity index is 2.01. The molecule has 3 heteroatoms. The summed E-state index contributed by atoms with van der Waals surface area (Å²) in [5, 5.41) is 8.97. The van der Waals surface area contributed by atoms with Crippen molar-refractivity contribution < 1.29 is 14.6 Å². The molecule has 0 saturated heterocycles. The monoisotopic (exact) mass is 218 g/mol. The first kappa shape index (κ1) is 9.70. The van der Waals surface area contributed by atoms with Gasteiger partial charge in [-0.1, -0.05) is 12.1 Å². The van der Waals surface area contributed by atoms with Crippen molar-refractivity contribution in [1.82, 2.24) is 0 Å². The van der Waals surface area contributed by atoms with E-state index in [9.17, 15) is 4.79 Å². The molecule has 1 aromatic carbocycles. The largest absolute Gasteiger partial charge is 0.493 e. The molecule has 0 bridgehead atoms. The fourth-order valence-electron chi connectivity index (χ4n) is 2.70. The Morgan fingerprint density at radius 3 is 2.94 bits per heavy atom. The second kappa shape index (κ2) is 3.24. The molecule has 1 aliphatic carbocycles. The van der Waals surface area contributed by atoms with E-state index in [-0.39, 0.29) is 11.8 Å². The summed E-state index contributed by atoms with van der Waals surface area (Å²) in [6.07, 6.45) is 3.17. The number of benzene rings is 1. The first-order valence-electron chi connectivity index (χ1n) is 5.68. The van der Waals surface area contributed by atoms with Gasteiger partial charge in [0.25, 0.3) is 0 Å². The van der Waals surface area contributed by atoms with Crippen molar-refractivity contribution >= 4 is 5.97 Å². The lowest BCUT2D eigenvalue weighted by Gasteiger charge is -2.16. The molecule has 1 heterocycles. The third kappa shape index (κ3) is 1.39. The number of hydrogen-bond acceptors (Lipinski definition) is 2. The van der Waals surface area contributed by atoms with Crippen LogP contribution in [0.2, 0.25) is 0 Å². The number of fused-ring (bicyclic) bond motifs is 1. The molecule has 1 fully saturated rings. The summed E-state index contributed by atoms with van der Waals surface area (Å²) in [5.74, 6) is 0.253. The van der Waals surface area contributed by atoms with E-state index in [1.807, 2.05) is 12.1 Å². The molecular weight excluding hydrogens is 204 g/mol. The molecule has 0 unspecified atom stereocenters. The van der Waals surface area contributed by atoms with Crippen LogP contribution in [0.15, 0.2) is 18.2 Å². The zero-order valence-electron chi connectivity index (χ0n) is 9.03. The summed E-state index contributed by atoms with van der Waals surface area (Å²) >= 11 is 0. The Morgan fingerprint density at radius 1 is 1.44 bits per heavy atom. The normalized spacial score (nSPS) is 20.0. The van der Waals surface area contributed by atoms with Gasteiger partial charge >= 0.3 is 5.97 Å². The van der Waals surface area contributed by atoms with Gasteiger partial charge in [0.1, 0.15) is 5.75 Å². The number of aliphatic carboxylic acids is 1. The van der Waals surface area contributed by atoms with E-state index in [0.29, 0.717) is 0 Å². The molecule has 3 nitrogen and oxygen atoms in total. The third-order valence-electron chi connectivity index (χ3n) is 3.66. The quantitative estimate of drug-likeness (QED) is 0.845.